The zero-order valence-corrected chi connectivity index (χ0v) is 11.6. The molecule has 0 atom stereocenters. The van der Waals surface area contributed by atoms with E-state index in [0.29, 0.717) is 25.9 Å². The average molecular weight is 259 g/mol. The lowest BCUT2D eigenvalue weighted by molar-refractivity contribution is -0.132. The van der Waals surface area contributed by atoms with E-state index in [9.17, 15) is 4.79 Å². The number of nitriles is 1. The molecule has 0 aliphatic rings. The van der Waals surface area contributed by atoms with E-state index in [1.54, 1.807) is 4.90 Å². The van der Waals surface area contributed by atoms with Crippen molar-refractivity contribution in [3.8, 4) is 6.07 Å². The van der Waals surface area contributed by atoms with Crippen molar-refractivity contribution in [3.63, 3.8) is 0 Å². The molecule has 0 aliphatic heterocycles. The van der Waals surface area contributed by atoms with Crippen molar-refractivity contribution in [1.82, 2.24) is 4.90 Å². The minimum absolute atomic E-state index is 0.0474. The quantitative estimate of drug-likeness (QED) is 0.847. The van der Waals surface area contributed by atoms with Crippen molar-refractivity contribution in [1.29, 1.82) is 5.26 Å². The first-order valence-electron chi connectivity index (χ1n) is 6.53. The van der Waals surface area contributed by atoms with Gasteiger partial charge in [-0.05, 0) is 25.0 Å². The Hall–Kier alpha value is -1.86. The van der Waals surface area contributed by atoms with Crippen LogP contribution in [0.5, 0.6) is 0 Å². The number of benzene rings is 1. The third-order valence-corrected chi connectivity index (χ3v) is 3.09. The molecule has 0 spiro atoms. The highest BCUT2D eigenvalue weighted by Gasteiger charge is 2.17. The molecule has 1 rings (SSSR count). The van der Waals surface area contributed by atoms with Crippen molar-refractivity contribution in [2.45, 2.75) is 39.3 Å². The van der Waals surface area contributed by atoms with Gasteiger partial charge in [-0.3, -0.25) is 4.79 Å². The SMILES string of the molecule is CC(C)N(CCC#N)C(=O)Cc1ccccc1CN. The normalized spacial score (nSPS) is 10.3. The predicted molar refractivity (Wildman–Crippen MR) is 75.1 cm³/mol. The van der Waals surface area contributed by atoms with Crippen LogP contribution >= 0.6 is 0 Å². The topological polar surface area (TPSA) is 70.1 Å². The summed E-state index contributed by atoms with van der Waals surface area (Å²) in [7, 11) is 0. The third kappa shape index (κ3) is 4.38. The van der Waals surface area contributed by atoms with E-state index < -0.39 is 0 Å². The van der Waals surface area contributed by atoms with Crippen LogP contribution in [0.2, 0.25) is 0 Å². The van der Waals surface area contributed by atoms with Gasteiger partial charge in [0.05, 0.1) is 18.9 Å². The van der Waals surface area contributed by atoms with Crippen LogP contribution in [0.15, 0.2) is 24.3 Å². The van der Waals surface area contributed by atoms with Crippen molar-refractivity contribution in [2.75, 3.05) is 6.54 Å². The lowest BCUT2D eigenvalue weighted by atomic mass is 10.0. The summed E-state index contributed by atoms with van der Waals surface area (Å²) in [6.07, 6.45) is 0.708. The molecule has 1 amide bonds. The highest BCUT2D eigenvalue weighted by Crippen LogP contribution is 2.12. The Labute approximate surface area is 114 Å². The Morgan fingerprint density at radius 3 is 2.53 bits per heavy atom. The first kappa shape index (κ1) is 15.2. The van der Waals surface area contributed by atoms with Gasteiger partial charge in [0.25, 0.3) is 0 Å². The molecule has 0 radical (unpaired) electrons. The van der Waals surface area contributed by atoms with E-state index in [2.05, 4.69) is 6.07 Å². The Kier molecular flexibility index (Phi) is 6.04. The number of amides is 1. The Bertz CT molecular complexity index is 463. The second-order valence-corrected chi connectivity index (χ2v) is 4.74. The van der Waals surface area contributed by atoms with E-state index in [-0.39, 0.29) is 11.9 Å². The number of hydrogen-bond acceptors (Lipinski definition) is 3. The monoisotopic (exact) mass is 259 g/mol. The Balaban J connectivity index is 2.79. The van der Waals surface area contributed by atoms with Crippen molar-refractivity contribution >= 4 is 5.91 Å². The van der Waals surface area contributed by atoms with Crippen LogP contribution in [-0.2, 0) is 17.8 Å². The Morgan fingerprint density at radius 1 is 1.37 bits per heavy atom. The smallest absolute Gasteiger partial charge is 0.227 e. The Morgan fingerprint density at radius 2 is 2.00 bits per heavy atom. The molecule has 0 saturated carbocycles. The second kappa shape index (κ2) is 7.55. The van der Waals surface area contributed by atoms with Gasteiger partial charge >= 0.3 is 0 Å². The van der Waals surface area contributed by atoms with Crippen LogP contribution in [0.4, 0.5) is 0 Å². The molecule has 0 heterocycles. The zero-order chi connectivity index (χ0) is 14.3. The van der Waals surface area contributed by atoms with Gasteiger partial charge in [0.2, 0.25) is 5.91 Å². The number of nitrogens with two attached hydrogens (primary N) is 1. The molecule has 1 aromatic carbocycles. The molecule has 0 fully saturated rings. The molecule has 4 nitrogen and oxygen atoms in total. The van der Waals surface area contributed by atoms with Crippen molar-refractivity contribution < 1.29 is 4.79 Å². The predicted octanol–water partition coefficient (Wildman–Crippen LogP) is 1.84. The van der Waals surface area contributed by atoms with Gasteiger partial charge in [0.15, 0.2) is 0 Å². The minimum atomic E-state index is 0.0474. The molecule has 19 heavy (non-hydrogen) atoms. The van der Waals surface area contributed by atoms with Gasteiger partial charge in [-0.25, -0.2) is 0 Å². The largest absolute Gasteiger partial charge is 0.339 e. The summed E-state index contributed by atoms with van der Waals surface area (Å²) >= 11 is 0. The molecular formula is C15H21N3O. The van der Waals surface area contributed by atoms with Crippen LogP contribution in [0.25, 0.3) is 0 Å². The fraction of sp³-hybridized carbons (Fsp3) is 0.467. The van der Waals surface area contributed by atoms with E-state index in [4.69, 9.17) is 11.0 Å². The fourth-order valence-corrected chi connectivity index (χ4v) is 2.03. The van der Waals surface area contributed by atoms with E-state index in [1.807, 2.05) is 38.1 Å². The van der Waals surface area contributed by atoms with Gasteiger partial charge in [0.1, 0.15) is 0 Å². The maximum Gasteiger partial charge on any atom is 0.227 e. The third-order valence-electron chi connectivity index (χ3n) is 3.09. The lowest BCUT2D eigenvalue weighted by Crippen LogP contribution is -2.38. The standard InChI is InChI=1S/C15H21N3O/c1-12(2)18(9-5-8-16)15(19)10-13-6-3-4-7-14(13)11-17/h3-4,6-7,12H,5,9-11,17H2,1-2H3. The van der Waals surface area contributed by atoms with Crippen LogP contribution in [0, 0.1) is 11.3 Å². The van der Waals surface area contributed by atoms with Crippen LogP contribution in [0.3, 0.4) is 0 Å². The summed E-state index contributed by atoms with van der Waals surface area (Å²) in [5.74, 6) is 0.0474. The van der Waals surface area contributed by atoms with Gasteiger partial charge in [0, 0.05) is 19.1 Å². The second-order valence-electron chi connectivity index (χ2n) is 4.74. The van der Waals surface area contributed by atoms with E-state index >= 15 is 0 Å². The van der Waals surface area contributed by atoms with Gasteiger partial charge in [-0.1, -0.05) is 24.3 Å². The zero-order valence-electron chi connectivity index (χ0n) is 11.6. The van der Waals surface area contributed by atoms with Crippen molar-refractivity contribution in [3.05, 3.63) is 35.4 Å². The highest BCUT2D eigenvalue weighted by molar-refractivity contribution is 5.79. The summed E-state index contributed by atoms with van der Waals surface area (Å²) in [6, 6.07) is 9.89. The molecule has 102 valence electrons. The molecule has 0 aliphatic carbocycles. The number of nitrogens with zero attached hydrogens (tertiary/aromatic N) is 2. The molecule has 4 heteroatoms. The number of carbonyl (C=O) groups excluding carboxylic acids is 1. The number of hydrogen-bond donors (Lipinski definition) is 1. The molecular weight excluding hydrogens is 238 g/mol. The van der Waals surface area contributed by atoms with E-state index in [1.165, 1.54) is 0 Å². The molecule has 0 saturated heterocycles. The fourth-order valence-electron chi connectivity index (χ4n) is 2.03. The summed E-state index contributed by atoms with van der Waals surface area (Å²) < 4.78 is 0. The highest BCUT2D eigenvalue weighted by atomic mass is 16.2. The summed E-state index contributed by atoms with van der Waals surface area (Å²) in [5, 5.41) is 8.65. The lowest BCUT2D eigenvalue weighted by Gasteiger charge is -2.26. The molecule has 0 unspecified atom stereocenters. The summed E-state index contributed by atoms with van der Waals surface area (Å²) in [6.45, 7) is 4.84. The molecule has 0 aromatic heterocycles. The molecule has 2 N–H and O–H groups in total. The summed E-state index contributed by atoms with van der Waals surface area (Å²) in [5.41, 5.74) is 7.64. The maximum absolute atomic E-state index is 12.3. The van der Waals surface area contributed by atoms with Crippen LogP contribution in [0.1, 0.15) is 31.4 Å². The van der Waals surface area contributed by atoms with E-state index in [0.717, 1.165) is 11.1 Å². The summed E-state index contributed by atoms with van der Waals surface area (Å²) in [4.78, 5) is 14.1. The minimum Gasteiger partial charge on any atom is -0.339 e. The maximum atomic E-state index is 12.3. The van der Waals surface area contributed by atoms with Gasteiger partial charge in [-0.2, -0.15) is 5.26 Å². The van der Waals surface area contributed by atoms with Gasteiger partial charge in [-0.15, -0.1) is 0 Å². The van der Waals surface area contributed by atoms with Gasteiger partial charge < -0.3 is 10.6 Å². The molecule has 1 aromatic rings. The van der Waals surface area contributed by atoms with Crippen LogP contribution in [-0.4, -0.2) is 23.4 Å². The first-order chi connectivity index (χ1) is 9.10. The van der Waals surface area contributed by atoms with Crippen molar-refractivity contribution in [2.24, 2.45) is 5.73 Å². The number of rotatable bonds is 6. The average Bonchev–Trinajstić information content (AvgIpc) is 2.39. The first-order valence-corrected chi connectivity index (χ1v) is 6.53. The number of carbonyl (C=O) groups is 1. The van der Waals surface area contributed by atoms with Crippen LogP contribution < -0.4 is 5.73 Å². The molecule has 0 bridgehead atoms.